The van der Waals surface area contributed by atoms with Crippen LogP contribution >= 0.6 is 0 Å². The van der Waals surface area contributed by atoms with E-state index in [9.17, 15) is 10.1 Å². The van der Waals surface area contributed by atoms with Crippen LogP contribution in [-0.2, 0) is 16.1 Å². The summed E-state index contributed by atoms with van der Waals surface area (Å²) in [6.45, 7) is 3.11. The first kappa shape index (κ1) is 17.9. The predicted octanol–water partition coefficient (Wildman–Crippen LogP) is 1.27. The fourth-order valence-corrected chi connectivity index (χ4v) is 3.85. The molecule has 3 rings (SSSR count). The van der Waals surface area contributed by atoms with Gasteiger partial charge in [-0.1, -0.05) is 19.3 Å². The van der Waals surface area contributed by atoms with Crippen LogP contribution in [0.1, 0.15) is 32.1 Å². The minimum atomic E-state index is -0.615. The average Bonchev–Trinajstić information content (AvgIpc) is 3.15. The lowest BCUT2D eigenvalue weighted by Crippen LogP contribution is -2.54. The molecule has 0 aromatic carbocycles. The number of amides is 1. The normalized spacial score (nSPS) is 23.8. The molecule has 7 heteroatoms. The van der Waals surface area contributed by atoms with Crippen LogP contribution in [0.25, 0.3) is 0 Å². The Morgan fingerprint density at radius 2 is 2.24 bits per heavy atom. The van der Waals surface area contributed by atoms with Crippen molar-refractivity contribution in [2.24, 2.45) is 0 Å². The zero-order valence-corrected chi connectivity index (χ0v) is 14.9. The molecule has 2 fully saturated rings. The fraction of sp³-hybridized carbons (Fsp3) is 0.722. The number of hydrogen-bond acceptors (Lipinski definition) is 5. The van der Waals surface area contributed by atoms with Crippen LogP contribution in [0.3, 0.4) is 0 Å². The topological polar surface area (TPSA) is 74.4 Å². The highest BCUT2D eigenvalue weighted by atomic mass is 16.5. The third kappa shape index (κ3) is 4.20. The number of carbonyl (C=O) groups excluding carboxylic acids is 1. The van der Waals surface area contributed by atoms with Gasteiger partial charge in [0, 0.05) is 32.5 Å². The standard InChI is InChI=1S/C18H27N5O2/c1-21(18(15-19)6-3-2-4-7-18)17(24)14-22-10-11-25-16(12-22)13-23-9-5-8-20-23/h5,8-9,16H,2-4,6-7,10-14H2,1H3. The lowest BCUT2D eigenvalue weighted by Gasteiger charge is -2.40. The maximum absolute atomic E-state index is 12.8. The molecule has 1 aromatic rings. The molecule has 1 aliphatic heterocycles. The lowest BCUT2D eigenvalue weighted by atomic mass is 9.81. The first-order valence-electron chi connectivity index (χ1n) is 9.12. The van der Waals surface area contributed by atoms with Gasteiger partial charge in [-0.2, -0.15) is 10.4 Å². The molecular formula is C18H27N5O2. The molecule has 1 atom stereocenters. The van der Waals surface area contributed by atoms with Crippen molar-refractivity contribution in [1.29, 1.82) is 5.26 Å². The fourth-order valence-electron chi connectivity index (χ4n) is 3.85. The summed E-state index contributed by atoms with van der Waals surface area (Å²) in [7, 11) is 1.79. The molecule has 7 nitrogen and oxygen atoms in total. The average molecular weight is 345 g/mol. The molecule has 1 amide bonds. The van der Waals surface area contributed by atoms with Crippen molar-refractivity contribution < 1.29 is 9.53 Å². The molecule has 1 aliphatic carbocycles. The van der Waals surface area contributed by atoms with Crippen LogP contribution < -0.4 is 0 Å². The van der Waals surface area contributed by atoms with E-state index in [-0.39, 0.29) is 12.0 Å². The van der Waals surface area contributed by atoms with Crippen molar-refractivity contribution in [2.45, 2.75) is 50.3 Å². The van der Waals surface area contributed by atoms with Crippen LogP contribution in [0.5, 0.6) is 0 Å². The van der Waals surface area contributed by atoms with E-state index < -0.39 is 5.54 Å². The Kier molecular flexibility index (Phi) is 5.71. The van der Waals surface area contributed by atoms with Gasteiger partial charge in [0.15, 0.2) is 0 Å². The van der Waals surface area contributed by atoms with Crippen LogP contribution in [0.15, 0.2) is 18.5 Å². The summed E-state index contributed by atoms with van der Waals surface area (Å²) in [6.07, 6.45) is 8.48. The minimum absolute atomic E-state index is 0.0307. The molecule has 0 bridgehead atoms. The Hall–Kier alpha value is -1.91. The van der Waals surface area contributed by atoms with E-state index in [1.165, 1.54) is 0 Å². The van der Waals surface area contributed by atoms with Gasteiger partial charge >= 0.3 is 0 Å². The molecule has 1 saturated heterocycles. The van der Waals surface area contributed by atoms with E-state index >= 15 is 0 Å². The second kappa shape index (κ2) is 7.98. The molecule has 2 heterocycles. The zero-order valence-electron chi connectivity index (χ0n) is 14.9. The summed E-state index contributed by atoms with van der Waals surface area (Å²) in [4.78, 5) is 16.6. The third-order valence-electron chi connectivity index (χ3n) is 5.44. The van der Waals surface area contributed by atoms with Crippen molar-refractivity contribution in [1.82, 2.24) is 19.6 Å². The van der Waals surface area contributed by atoms with Crippen LogP contribution in [-0.4, -0.2) is 70.4 Å². The van der Waals surface area contributed by atoms with E-state index in [0.717, 1.165) is 38.6 Å². The number of nitriles is 1. The van der Waals surface area contributed by atoms with Crippen molar-refractivity contribution in [3.8, 4) is 6.07 Å². The number of aromatic nitrogens is 2. The molecule has 0 spiro atoms. The molecule has 136 valence electrons. The van der Waals surface area contributed by atoms with Gasteiger partial charge in [0.1, 0.15) is 5.54 Å². The molecule has 0 N–H and O–H groups in total. The number of likely N-dealkylation sites (N-methyl/N-ethyl adjacent to an activating group) is 1. The monoisotopic (exact) mass is 345 g/mol. The Balaban J connectivity index is 1.55. The lowest BCUT2D eigenvalue weighted by molar-refractivity contribution is -0.138. The smallest absolute Gasteiger partial charge is 0.237 e. The van der Waals surface area contributed by atoms with Crippen molar-refractivity contribution >= 4 is 5.91 Å². The first-order chi connectivity index (χ1) is 12.1. The summed E-state index contributed by atoms with van der Waals surface area (Å²) >= 11 is 0. The SMILES string of the molecule is CN(C(=O)CN1CCOC(Cn2cccn2)C1)C1(C#N)CCCCC1. The van der Waals surface area contributed by atoms with Gasteiger partial charge in [0.25, 0.3) is 0 Å². The van der Waals surface area contributed by atoms with Gasteiger partial charge in [-0.15, -0.1) is 0 Å². The Bertz CT molecular complexity index is 603. The Morgan fingerprint density at radius 1 is 1.44 bits per heavy atom. The van der Waals surface area contributed by atoms with E-state index in [0.29, 0.717) is 26.2 Å². The first-order valence-corrected chi connectivity index (χ1v) is 9.12. The second-order valence-corrected chi connectivity index (χ2v) is 7.11. The van der Waals surface area contributed by atoms with Gasteiger partial charge < -0.3 is 9.64 Å². The maximum Gasteiger partial charge on any atom is 0.237 e. The number of carbonyl (C=O) groups is 1. The second-order valence-electron chi connectivity index (χ2n) is 7.11. The van der Waals surface area contributed by atoms with Gasteiger partial charge in [-0.3, -0.25) is 14.4 Å². The Labute approximate surface area is 149 Å². The molecule has 25 heavy (non-hydrogen) atoms. The molecular weight excluding hydrogens is 318 g/mol. The largest absolute Gasteiger partial charge is 0.374 e. The highest BCUT2D eigenvalue weighted by Gasteiger charge is 2.39. The highest BCUT2D eigenvalue weighted by molar-refractivity contribution is 5.79. The maximum atomic E-state index is 12.8. The van der Waals surface area contributed by atoms with Crippen LogP contribution in [0, 0.1) is 11.3 Å². The van der Waals surface area contributed by atoms with Gasteiger partial charge in [0.05, 0.1) is 31.9 Å². The minimum Gasteiger partial charge on any atom is -0.374 e. The zero-order chi connectivity index (χ0) is 17.7. The number of morpholine rings is 1. The van der Waals surface area contributed by atoms with Gasteiger partial charge in [-0.05, 0) is 18.9 Å². The molecule has 2 aliphatic rings. The summed E-state index contributed by atoms with van der Waals surface area (Å²) in [5.41, 5.74) is -0.615. The number of rotatable bonds is 5. The van der Waals surface area contributed by atoms with E-state index in [4.69, 9.17) is 4.74 Å². The third-order valence-corrected chi connectivity index (χ3v) is 5.44. The van der Waals surface area contributed by atoms with Crippen LogP contribution in [0.2, 0.25) is 0 Å². The number of nitrogens with zero attached hydrogens (tertiary/aromatic N) is 5. The van der Waals surface area contributed by atoms with Crippen molar-refractivity contribution in [3.63, 3.8) is 0 Å². The summed E-state index contributed by atoms with van der Waals surface area (Å²) in [5, 5.41) is 13.9. The van der Waals surface area contributed by atoms with Gasteiger partial charge in [0.2, 0.25) is 5.91 Å². The number of hydrogen-bond donors (Lipinski definition) is 0. The quantitative estimate of drug-likeness (QED) is 0.803. The van der Waals surface area contributed by atoms with E-state index in [2.05, 4.69) is 16.1 Å². The molecule has 0 radical (unpaired) electrons. The van der Waals surface area contributed by atoms with Crippen LogP contribution in [0.4, 0.5) is 0 Å². The van der Waals surface area contributed by atoms with E-state index in [1.807, 2.05) is 16.9 Å². The summed E-state index contributed by atoms with van der Waals surface area (Å²) < 4.78 is 7.66. The molecule has 1 unspecified atom stereocenters. The summed E-state index contributed by atoms with van der Waals surface area (Å²) in [6, 6.07) is 4.32. The highest BCUT2D eigenvalue weighted by Crippen LogP contribution is 2.32. The number of ether oxygens (including phenoxy) is 1. The molecule has 1 saturated carbocycles. The van der Waals surface area contributed by atoms with Crippen molar-refractivity contribution in [2.75, 3.05) is 33.3 Å². The van der Waals surface area contributed by atoms with Crippen molar-refractivity contribution in [3.05, 3.63) is 18.5 Å². The van der Waals surface area contributed by atoms with E-state index in [1.54, 1.807) is 18.1 Å². The molecule has 1 aromatic heterocycles. The van der Waals surface area contributed by atoms with Gasteiger partial charge in [-0.25, -0.2) is 0 Å². The summed E-state index contributed by atoms with van der Waals surface area (Å²) in [5.74, 6) is 0.0307. The Morgan fingerprint density at radius 3 is 2.92 bits per heavy atom. The predicted molar refractivity (Wildman–Crippen MR) is 92.6 cm³/mol.